The Labute approximate surface area is 136 Å². The number of aromatic nitrogens is 1. The van der Waals surface area contributed by atoms with Gasteiger partial charge in [-0.2, -0.15) is 0 Å². The molecule has 0 saturated heterocycles. The fourth-order valence-electron chi connectivity index (χ4n) is 2.10. The van der Waals surface area contributed by atoms with E-state index in [1.54, 1.807) is 24.3 Å². The van der Waals surface area contributed by atoms with Crippen molar-refractivity contribution in [1.29, 1.82) is 0 Å². The number of halogens is 1. The third-order valence-electron chi connectivity index (χ3n) is 3.17. The fourth-order valence-corrected chi connectivity index (χ4v) is 2.29. The second-order valence-electron chi connectivity index (χ2n) is 4.75. The molecule has 1 aromatic heterocycles. The Morgan fingerprint density at radius 2 is 1.83 bits per heavy atom. The molecule has 3 rings (SSSR count). The molecule has 0 bridgehead atoms. The van der Waals surface area contributed by atoms with Crippen LogP contribution in [0.15, 0.2) is 58.8 Å². The summed E-state index contributed by atoms with van der Waals surface area (Å²) in [5.74, 6) is 0.813. The summed E-state index contributed by atoms with van der Waals surface area (Å²) in [6.07, 6.45) is 0. The molecule has 2 aromatic carbocycles. The van der Waals surface area contributed by atoms with Crippen molar-refractivity contribution in [3.63, 3.8) is 0 Å². The highest BCUT2D eigenvalue weighted by atomic mass is 35.5. The SMILES string of the molecule is Nc1[nH]c(N=NC(=O)COc2ccccc2Cl)c2ccccc12. The normalized spacial score (nSPS) is 11.2. The number of azo groups is 1. The summed E-state index contributed by atoms with van der Waals surface area (Å²) in [5, 5.41) is 9.62. The number of H-pyrrole nitrogens is 1. The number of hydrogen-bond acceptors (Lipinski definition) is 4. The van der Waals surface area contributed by atoms with E-state index in [1.807, 2.05) is 24.3 Å². The summed E-state index contributed by atoms with van der Waals surface area (Å²) >= 11 is 5.94. The van der Waals surface area contributed by atoms with Crippen LogP contribution >= 0.6 is 11.6 Å². The fraction of sp³-hybridized carbons (Fsp3) is 0.0625. The smallest absolute Gasteiger partial charge is 0.302 e. The lowest BCUT2D eigenvalue weighted by Crippen LogP contribution is -2.08. The predicted octanol–water partition coefficient (Wildman–Crippen LogP) is 4.09. The number of hydrogen-bond donors (Lipinski definition) is 2. The topological polar surface area (TPSA) is 92.8 Å². The number of anilines is 1. The molecule has 0 aliphatic rings. The molecule has 0 spiro atoms. The van der Waals surface area contributed by atoms with E-state index in [9.17, 15) is 4.79 Å². The summed E-state index contributed by atoms with van der Waals surface area (Å²) in [5.41, 5.74) is 5.85. The summed E-state index contributed by atoms with van der Waals surface area (Å²) in [7, 11) is 0. The molecule has 0 fully saturated rings. The number of nitrogens with zero attached hydrogens (tertiary/aromatic N) is 2. The maximum atomic E-state index is 11.8. The Balaban J connectivity index is 1.70. The lowest BCUT2D eigenvalue weighted by molar-refractivity contribution is -0.120. The van der Waals surface area contributed by atoms with Gasteiger partial charge in [-0.05, 0) is 12.1 Å². The average molecular weight is 329 g/mol. The molecule has 23 heavy (non-hydrogen) atoms. The largest absolute Gasteiger partial charge is 0.482 e. The van der Waals surface area contributed by atoms with Gasteiger partial charge in [-0.3, -0.25) is 4.79 Å². The van der Waals surface area contributed by atoms with E-state index < -0.39 is 5.91 Å². The molecule has 116 valence electrons. The van der Waals surface area contributed by atoms with Gasteiger partial charge >= 0.3 is 5.91 Å². The van der Waals surface area contributed by atoms with E-state index in [2.05, 4.69) is 15.2 Å². The first-order valence-corrected chi connectivity index (χ1v) is 7.21. The zero-order chi connectivity index (χ0) is 16.2. The number of fused-ring (bicyclic) bond motifs is 1. The van der Waals surface area contributed by atoms with E-state index in [4.69, 9.17) is 22.1 Å². The van der Waals surface area contributed by atoms with E-state index in [0.29, 0.717) is 22.4 Å². The van der Waals surface area contributed by atoms with Crippen molar-refractivity contribution in [2.75, 3.05) is 12.3 Å². The van der Waals surface area contributed by atoms with Crippen LogP contribution in [0.25, 0.3) is 10.8 Å². The first kappa shape index (κ1) is 15.1. The van der Waals surface area contributed by atoms with Gasteiger partial charge in [-0.1, -0.05) is 48.0 Å². The molecule has 0 atom stereocenters. The van der Waals surface area contributed by atoms with Crippen LogP contribution in [0, 0.1) is 0 Å². The maximum Gasteiger partial charge on any atom is 0.302 e. The maximum absolute atomic E-state index is 11.8. The second-order valence-corrected chi connectivity index (χ2v) is 5.15. The van der Waals surface area contributed by atoms with Crippen LogP contribution in [-0.4, -0.2) is 17.5 Å². The molecule has 6 nitrogen and oxygen atoms in total. The number of rotatable bonds is 4. The molecule has 0 unspecified atom stereocenters. The molecule has 1 amide bonds. The van der Waals surface area contributed by atoms with Crippen molar-refractivity contribution in [2.45, 2.75) is 0 Å². The highest BCUT2D eigenvalue weighted by molar-refractivity contribution is 6.32. The molecule has 0 radical (unpaired) electrons. The van der Waals surface area contributed by atoms with Gasteiger partial charge < -0.3 is 15.5 Å². The molecule has 3 aromatic rings. The Morgan fingerprint density at radius 1 is 1.13 bits per heavy atom. The van der Waals surface area contributed by atoms with Gasteiger partial charge in [0.1, 0.15) is 11.6 Å². The molecule has 1 heterocycles. The van der Waals surface area contributed by atoms with Gasteiger partial charge in [0.15, 0.2) is 12.4 Å². The molecule has 0 saturated carbocycles. The first-order chi connectivity index (χ1) is 11.1. The van der Waals surface area contributed by atoms with Crippen molar-refractivity contribution in [3.8, 4) is 5.75 Å². The van der Waals surface area contributed by atoms with Gasteiger partial charge in [-0.15, -0.1) is 10.2 Å². The number of para-hydroxylation sites is 1. The van der Waals surface area contributed by atoms with Crippen LogP contribution in [0.4, 0.5) is 11.6 Å². The highest BCUT2D eigenvalue weighted by Crippen LogP contribution is 2.30. The number of aromatic amines is 1. The number of ether oxygens (including phenoxy) is 1. The van der Waals surface area contributed by atoms with Crippen molar-refractivity contribution >= 4 is 39.9 Å². The third-order valence-corrected chi connectivity index (χ3v) is 3.49. The third kappa shape index (κ3) is 3.32. The monoisotopic (exact) mass is 328 g/mol. The number of nitrogen functional groups attached to an aromatic ring is 1. The van der Waals surface area contributed by atoms with Gasteiger partial charge in [-0.25, -0.2) is 0 Å². The molecule has 7 heteroatoms. The minimum absolute atomic E-state index is 0.249. The Bertz CT molecular complexity index is 889. The van der Waals surface area contributed by atoms with Crippen molar-refractivity contribution in [1.82, 2.24) is 4.98 Å². The van der Waals surface area contributed by atoms with Crippen LogP contribution < -0.4 is 10.5 Å². The van der Waals surface area contributed by atoms with Crippen LogP contribution in [-0.2, 0) is 4.79 Å². The van der Waals surface area contributed by atoms with Crippen molar-refractivity contribution in [2.24, 2.45) is 10.2 Å². The Kier molecular flexibility index (Phi) is 4.25. The van der Waals surface area contributed by atoms with Crippen LogP contribution in [0.1, 0.15) is 0 Å². The first-order valence-electron chi connectivity index (χ1n) is 6.83. The van der Waals surface area contributed by atoms with Crippen LogP contribution in [0.2, 0.25) is 5.02 Å². The standard InChI is InChI=1S/C16H13ClN4O2/c17-12-7-3-4-8-13(12)23-9-14(22)20-21-16-11-6-2-1-5-10(11)15(18)19-16/h1-8,19H,9,18H2. The lowest BCUT2D eigenvalue weighted by atomic mass is 10.2. The minimum Gasteiger partial charge on any atom is -0.482 e. The van der Waals surface area contributed by atoms with E-state index >= 15 is 0 Å². The Morgan fingerprint density at radius 3 is 2.61 bits per heavy atom. The second kappa shape index (κ2) is 6.50. The molecule has 0 aliphatic heterocycles. The summed E-state index contributed by atoms with van der Waals surface area (Å²) < 4.78 is 5.31. The minimum atomic E-state index is -0.526. The number of amides is 1. The molecule has 3 N–H and O–H groups in total. The zero-order valence-corrected chi connectivity index (χ0v) is 12.7. The highest BCUT2D eigenvalue weighted by Gasteiger charge is 2.08. The number of carbonyl (C=O) groups is 1. The van der Waals surface area contributed by atoms with Gasteiger partial charge in [0.25, 0.3) is 0 Å². The molecular formula is C16H13ClN4O2. The van der Waals surface area contributed by atoms with Crippen molar-refractivity contribution in [3.05, 3.63) is 53.6 Å². The number of nitrogens with one attached hydrogen (secondary N) is 1. The van der Waals surface area contributed by atoms with E-state index in [1.165, 1.54) is 0 Å². The average Bonchev–Trinajstić information content (AvgIpc) is 2.89. The van der Waals surface area contributed by atoms with E-state index in [0.717, 1.165) is 10.8 Å². The lowest BCUT2D eigenvalue weighted by Gasteiger charge is -2.04. The van der Waals surface area contributed by atoms with Crippen LogP contribution in [0.3, 0.4) is 0 Å². The summed E-state index contributed by atoms with van der Waals surface area (Å²) in [6.45, 7) is -0.249. The van der Waals surface area contributed by atoms with Gasteiger partial charge in [0.05, 0.1) is 5.02 Å². The predicted molar refractivity (Wildman–Crippen MR) is 89.2 cm³/mol. The number of benzene rings is 2. The summed E-state index contributed by atoms with van der Waals surface area (Å²) in [4.78, 5) is 14.7. The van der Waals surface area contributed by atoms with Gasteiger partial charge in [0.2, 0.25) is 0 Å². The molecular weight excluding hydrogens is 316 g/mol. The van der Waals surface area contributed by atoms with Gasteiger partial charge in [0, 0.05) is 10.8 Å². The quantitative estimate of drug-likeness (QED) is 0.706. The van der Waals surface area contributed by atoms with Crippen LogP contribution in [0.5, 0.6) is 5.75 Å². The van der Waals surface area contributed by atoms with E-state index in [-0.39, 0.29) is 6.61 Å². The van der Waals surface area contributed by atoms with Crippen molar-refractivity contribution < 1.29 is 9.53 Å². The summed E-state index contributed by atoms with van der Waals surface area (Å²) in [6, 6.07) is 14.3. The zero-order valence-electron chi connectivity index (χ0n) is 12.0. The molecule has 0 aliphatic carbocycles. The Hall–Kier alpha value is -2.86. The number of carbonyl (C=O) groups excluding carboxylic acids is 1. The number of nitrogens with two attached hydrogens (primary N) is 1.